The second kappa shape index (κ2) is 3.30. The van der Waals surface area contributed by atoms with Gasteiger partial charge in [0.25, 0.3) is 0 Å². The van der Waals surface area contributed by atoms with Crippen molar-refractivity contribution in [2.24, 2.45) is 11.3 Å². The molecule has 0 amide bonds. The number of aliphatic hydroxyl groups is 1. The van der Waals surface area contributed by atoms with E-state index in [0.717, 1.165) is 0 Å². The third-order valence-corrected chi connectivity index (χ3v) is 3.13. The summed E-state index contributed by atoms with van der Waals surface area (Å²) in [7, 11) is 0. The Bertz CT molecular complexity index is 219. The van der Waals surface area contributed by atoms with Crippen LogP contribution in [0.1, 0.15) is 33.6 Å². The Morgan fingerprint density at radius 1 is 1.31 bits per heavy atom. The molecule has 0 saturated heterocycles. The van der Waals surface area contributed by atoms with Gasteiger partial charge in [-0.1, -0.05) is 32.1 Å². The Morgan fingerprint density at radius 2 is 1.85 bits per heavy atom. The van der Waals surface area contributed by atoms with Gasteiger partial charge in [0.05, 0.1) is 5.60 Å². The van der Waals surface area contributed by atoms with Crippen molar-refractivity contribution in [3.05, 3.63) is 24.8 Å². The second-order valence-corrected chi connectivity index (χ2v) is 4.77. The van der Waals surface area contributed by atoms with Crippen LogP contribution in [0.3, 0.4) is 0 Å². The van der Waals surface area contributed by atoms with Crippen molar-refractivity contribution in [1.29, 1.82) is 0 Å². The second-order valence-electron chi connectivity index (χ2n) is 4.77. The minimum Gasteiger partial charge on any atom is -0.385 e. The predicted molar refractivity (Wildman–Crippen MR) is 56.5 cm³/mol. The van der Waals surface area contributed by atoms with E-state index in [1.807, 2.05) is 32.9 Å². The molecule has 1 nitrogen and oxygen atoms in total. The summed E-state index contributed by atoms with van der Waals surface area (Å²) in [6, 6.07) is 0. The molecule has 1 N–H and O–H groups in total. The van der Waals surface area contributed by atoms with E-state index in [9.17, 15) is 5.11 Å². The molecule has 0 spiro atoms. The lowest BCUT2D eigenvalue weighted by molar-refractivity contribution is 0.0209. The van der Waals surface area contributed by atoms with Crippen molar-refractivity contribution in [2.45, 2.75) is 39.2 Å². The molecular formula is C12H20O. The summed E-state index contributed by atoms with van der Waals surface area (Å²) in [5.74, 6) is 0.715. The summed E-state index contributed by atoms with van der Waals surface area (Å²) in [5.41, 5.74) is -1.05. The molecule has 0 radical (unpaired) electrons. The highest BCUT2D eigenvalue weighted by Crippen LogP contribution is 2.36. The molecule has 1 fully saturated rings. The van der Waals surface area contributed by atoms with Crippen molar-refractivity contribution >= 4 is 0 Å². The van der Waals surface area contributed by atoms with Gasteiger partial charge in [0.2, 0.25) is 0 Å². The number of rotatable bonds is 4. The average molecular weight is 180 g/mol. The normalized spacial score (nSPS) is 23.1. The maximum Gasteiger partial charge on any atom is 0.0884 e. The maximum absolute atomic E-state index is 10.2. The molecule has 1 aliphatic carbocycles. The summed E-state index contributed by atoms with van der Waals surface area (Å²) < 4.78 is 0. The molecule has 1 saturated carbocycles. The van der Waals surface area contributed by atoms with Crippen LogP contribution in [-0.4, -0.2) is 10.7 Å². The Morgan fingerprint density at radius 3 is 2.23 bits per heavy atom. The Balaban J connectivity index is 2.67. The monoisotopic (exact) mass is 180 g/mol. The van der Waals surface area contributed by atoms with Gasteiger partial charge < -0.3 is 5.11 Å². The van der Waals surface area contributed by atoms with E-state index < -0.39 is 5.60 Å². The Labute approximate surface area is 81.2 Å². The van der Waals surface area contributed by atoms with Gasteiger partial charge in [-0.05, 0) is 25.7 Å². The standard InChI is InChI=1S/C12H20O/c1-5-11(2,3)12(4,13)9-8-10-6-7-10/h5,8-10,13H,1,6-7H2,2-4H3/b9-8+. The fraction of sp³-hybridized carbons (Fsp3) is 0.667. The van der Waals surface area contributed by atoms with Gasteiger partial charge in [0, 0.05) is 5.41 Å². The van der Waals surface area contributed by atoms with E-state index in [4.69, 9.17) is 0 Å². The van der Waals surface area contributed by atoms with E-state index in [1.54, 1.807) is 0 Å². The molecule has 0 aromatic rings. The first-order chi connectivity index (χ1) is 5.89. The van der Waals surface area contributed by atoms with Crippen molar-refractivity contribution in [2.75, 3.05) is 0 Å². The zero-order chi connectivity index (χ0) is 10.1. The van der Waals surface area contributed by atoms with Crippen LogP contribution >= 0.6 is 0 Å². The van der Waals surface area contributed by atoms with E-state index >= 15 is 0 Å². The average Bonchev–Trinajstić information content (AvgIpc) is 2.83. The lowest BCUT2D eigenvalue weighted by Crippen LogP contribution is -2.38. The smallest absolute Gasteiger partial charge is 0.0884 e. The molecule has 0 aromatic heterocycles. The van der Waals surface area contributed by atoms with Gasteiger partial charge in [-0.3, -0.25) is 0 Å². The van der Waals surface area contributed by atoms with Crippen LogP contribution in [0.5, 0.6) is 0 Å². The van der Waals surface area contributed by atoms with E-state index in [1.165, 1.54) is 12.8 Å². The predicted octanol–water partition coefficient (Wildman–Crippen LogP) is 2.92. The molecule has 1 rings (SSSR count). The van der Waals surface area contributed by atoms with Crippen LogP contribution in [0.15, 0.2) is 24.8 Å². The van der Waals surface area contributed by atoms with Crippen molar-refractivity contribution < 1.29 is 5.11 Å². The third-order valence-electron chi connectivity index (χ3n) is 3.13. The van der Waals surface area contributed by atoms with E-state index in [-0.39, 0.29) is 5.41 Å². The van der Waals surface area contributed by atoms with Gasteiger partial charge in [0.1, 0.15) is 0 Å². The van der Waals surface area contributed by atoms with Gasteiger partial charge in [-0.15, -0.1) is 6.58 Å². The number of allylic oxidation sites excluding steroid dienone is 1. The van der Waals surface area contributed by atoms with E-state index in [2.05, 4.69) is 12.7 Å². The Kier molecular flexibility index (Phi) is 2.67. The van der Waals surface area contributed by atoms with Gasteiger partial charge in [-0.2, -0.15) is 0 Å². The molecule has 0 aliphatic heterocycles. The lowest BCUT2D eigenvalue weighted by Gasteiger charge is -2.35. The van der Waals surface area contributed by atoms with Crippen LogP contribution in [-0.2, 0) is 0 Å². The molecule has 13 heavy (non-hydrogen) atoms. The van der Waals surface area contributed by atoms with E-state index in [0.29, 0.717) is 5.92 Å². The summed E-state index contributed by atoms with van der Waals surface area (Å²) in [5, 5.41) is 10.2. The van der Waals surface area contributed by atoms with Gasteiger partial charge in [0.15, 0.2) is 0 Å². The first-order valence-electron chi connectivity index (χ1n) is 4.94. The summed E-state index contributed by atoms with van der Waals surface area (Å²) in [6.45, 7) is 9.58. The summed E-state index contributed by atoms with van der Waals surface area (Å²) >= 11 is 0. The van der Waals surface area contributed by atoms with Crippen LogP contribution in [0.2, 0.25) is 0 Å². The molecule has 1 unspecified atom stereocenters. The summed E-state index contributed by atoms with van der Waals surface area (Å²) in [4.78, 5) is 0. The number of hydrogen-bond donors (Lipinski definition) is 1. The fourth-order valence-corrected chi connectivity index (χ4v) is 1.03. The molecule has 1 heteroatoms. The topological polar surface area (TPSA) is 20.2 Å². The molecule has 74 valence electrons. The van der Waals surface area contributed by atoms with Crippen molar-refractivity contribution in [3.63, 3.8) is 0 Å². The maximum atomic E-state index is 10.2. The molecule has 0 bridgehead atoms. The molecule has 1 atom stereocenters. The molecule has 0 heterocycles. The zero-order valence-electron chi connectivity index (χ0n) is 8.88. The van der Waals surface area contributed by atoms with Gasteiger partial charge in [-0.25, -0.2) is 0 Å². The highest BCUT2D eigenvalue weighted by molar-refractivity contribution is 5.14. The molecule has 1 aliphatic rings. The fourth-order valence-electron chi connectivity index (χ4n) is 1.03. The highest BCUT2D eigenvalue weighted by atomic mass is 16.3. The van der Waals surface area contributed by atoms with Crippen molar-refractivity contribution in [1.82, 2.24) is 0 Å². The largest absolute Gasteiger partial charge is 0.385 e. The van der Waals surface area contributed by atoms with Crippen LogP contribution in [0.4, 0.5) is 0 Å². The van der Waals surface area contributed by atoms with Gasteiger partial charge >= 0.3 is 0 Å². The minimum absolute atomic E-state index is 0.265. The zero-order valence-corrected chi connectivity index (χ0v) is 8.88. The first kappa shape index (κ1) is 10.5. The lowest BCUT2D eigenvalue weighted by atomic mass is 9.76. The van der Waals surface area contributed by atoms with Crippen molar-refractivity contribution in [3.8, 4) is 0 Å². The third kappa shape index (κ3) is 2.44. The van der Waals surface area contributed by atoms with Crippen LogP contribution in [0.25, 0.3) is 0 Å². The molecular weight excluding hydrogens is 160 g/mol. The quantitative estimate of drug-likeness (QED) is 0.659. The first-order valence-corrected chi connectivity index (χ1v) is 4.94. The van der Waals surface area contributed by atoms with Crippen LogP contribution < -0.4 is 0 Å². The SMILES string of the molecule is C=CC(C)(C)C(C)(O)/C=C/C1CC1. The molecule has 0 aromatic carbocycles. The minimum atomic E-state index is -0.780. The number of hydrogen-bond acceptors (Lipinski definition) is 1. The van der Waals surface area contributed by atoms with Crippen LogP contribution in [0, 0.1) is 11.3 Å². The Hall–Kier alpha value is -0.560. The highest BCUT2D eigenvalue weighted by Gasteiger charge is 2.34. The summed E-state index contributed by atoms with van der Waals surface area (Å²) in [6.07, 6.45) is 8.42.